The molecular weight excluding hydrogens is 278 g/mol. The predicted octanol–water partition coefficient (Wildman–Crippen LogP) is 6.00. The molecule has 0 aromatic heterocycles. The third-order valence-corrected chi connectivity index (χ3v) is 4.38. The van der Waals surface area contributed by atoms with Crippen molar-refractivity contribution < 1.29 is 0 Å². The standard InChI is InChI=1S/C19H32ClN/c1-3-4-5-6-7-8-9-12-15-21-17(2)16-18-13-10-11-14-19(18)20/h10-11,13-14,17,21H,3-9,12,15-16H2,1-2H3. The van der Waals surface area contributed by atoms with E-state index in [0.29, 0.717) is 6.04 Å². The van der Waals surface area contributed by atoms with Crippen molar-refractivity contribution in [1.29, 1.82) is 0 Å². The molecule has 1 aromatic rings. The fraction of sp³-hybridized carbons (Fsp3) is 0.684. The third kappa shape index (κ3) is 9.16. The highest BCUT2D eigenvalue weighted by atomic mass is 35.5. The molecule has 21 heavy (non-hydrogen) atoms. The molecule has 1 aromatic carbocycles. The summed E-state index contributed by atoms with van der Waals surface area (Å²) in [6.45, 7) is 5.64. The molecule has 1 unspecified atom stereocenters. The molecule has 1 rings (SSSR count). The first-order valence-electron chi connectivity index (χ1n) is 8.70. The van der Waals surface area contributed by atoms with Gasteiger partial charge < -0.3 is 5.32 Å². The number of hydrogen-bond donors (Lipinski definition) is 1. The summed E-state index contributed by atoms with van der Waals surface area (Å²) in [5, 5.41) is 4.50. The number of benzene rings is 1. The molecule has 0 radical (unpaired) electrons. The molecule has 0 aliphatic heterocycles. The molecular formula is C19H32ClN. The maximum Gasteiger partial charge on any atom is 0.0438 e. The molecule has 0 bridgehead atoms. The molecule has 120 valence electrons. The lowest BCUT2D eigenvalue weighted by atomic mass is 10.1. The van der Waals surface area contributed by atoms with Crippen LogP contribution in [0, 0.1) is 0 Å². The van der Waals surface area contributed by atoms with Crippen molar-refractivity contribution in [3.8, 4) is 0 Å². The van der Waals surface area contributed by atoms with Crippen molar-refractivity contribution in [3.05, 3.63) is 34.9 Å². The molecule has 0 aliphatic rings. The van der Waals surface area contributed by atoms with E-state index in [0.717, 1.165) is 18.0 Å². The zero-order valence-corrected chi connectivity index (χ0v) is 14.6. The summed E-state index contributed by atoms with van der Waals surface area (Å²) in [5.41, 5.74) is 1.25. The fourth-order valence-corrected chi connectivity index (χ4v) is 2.89. The van der Waals surface area contributed by atoms with Crippen LogP contribution in [0.15, 0.2) is 24.3 Å². The van der Waals surface area contributed by atoms with Crippen LogP contribution in [-0.2, 0) is 6.42 Å². The summed E-state index contributed by atoms with van der Waals surface area (Å²) in [6, 6.07) is 8.64. The SMILES string of the molecule is CCCCCCCCCCNC(C)Cc1ccccc1Cl. The van der Waals surface area contributed by atoms with E-state index in [1.807, 2.05) is 12.1 Å². The highest BCUT2D eigenvalue weighted by Gasteiger charge is 2.05. The van der Waals surface area contributed by atoms with Crippen molar-refractivity contribution in [3.63, 3.8) is 0 Å². The normalized spacial score (nSPS) is 12.5. The zero-order chi connectivity index (χ0) is 15.3. The van der Waals surface area contributed by atoms with E-state index in [9.17, 15) is 0 Å². The second-order valence-corrected chi connectivity index (χ2v) is 6.53. The third-order valence-electron chi connectivity index (χ3n) is 4.01. The fourth-order valence-electron chi connectivity index (χ4n) is 2.67. The summed E-state index contributed by atoms with van der Waals surface area (Å²) in [6.07, 6.45) is 12.1. The lowest BCUT2D eigenvalue weighted by Crippen LogP contribution is -2.29. The van der Waals surface area contributed by atoms with Gasteiger partial charge in [-0.3, -0.25) is 0 Å². The monoisotopic (exact) mass is 309 g/mol. The zero-order valence-electron chi connectivity index (χ0n) is 13.8. The first-order valence-corrected chi connectivity index (χ1v) is 9.08. The molecule has 0 saturated heterocycles. The molecule has 0 saturated carbocycles. The van der Waals surface area contributed by atoms with Crippen LogP contribution in [-0.4, -0.2) is 12.6 Å². The van der Waals surface area contributed by atoms with Gasteiger partial charge in [-0.2, -0.15) is 0 Å². The summed E-state index contributed by atoms with van der Waals surface area (Å²) >= 11 is 6.20. The minimum absolute atomic E-state index is 0.495. The van der Waals surface area contributed by atoms with Crippen LogP contribution in [0.2, 0.25) is 5.02 Å². The second-order valence-electron chi connectivity index (χ2n) is 6.13. The summed E-state index contributed by atoms with van der Waals surface area (Å²) < 4.78 is 0. The van der Waals surface area contributed by atoms with Gasteiger partial charge in [-0.1, -0.05) is 81.7 Å². The Kier molecular flexibility index (Phi) is 10.6. The quantitative estimate of drug-likeness (QED) is 0.467. The smallest absolute Gasteiger partial charge is 0.0438 e. The molecule has 0 amide bonds. The molecule has 1 atom stereocenters. The molecule has 0 spiro atoms. The van der Waals surface area contributed by atoms with Gasteiger partial charge in [-0.25, -0.2) is 0 Å². The van der Waals surface area contributed by atoms with Gasteiger partial charge in [0.25, 0.3) is 0 Å². The maximum absolute atomic E-state index is 6.20. The largest absolute Gasteiger partial charge is 0.314 e. The van der Waals surface area contributed by atoms with E-state index in [1.54, 1.807) is 0 Å². The van der Waals surface area contributed by atoms with Gasteiger partial charge in [0.15, 0.2) is 0 Å². The Morgan fingerprint density at radius 2 is 1.57 bits per heavy atom. The molecule has 1 N–H and O–H groups in total. The Labute approximate surface area is 136 Å². The Balaban J connectivity index is 1.99. The van der Waals surface area contributed by atoms with Crippen molar-refractivity contribution in [2.75, 3.05) is 6.54 Å². The highest BCUT2D eigenvalue weighted by molar-refractivity contribution is 6.31. The average molecular weight is 310 g/mol. The molecule has 0 heterocycles. The van der Waals surface area contributed by atoms with Crippen molar-refractivity contribution in [1.82, 2.24) is 5.32 Å². The van der Waals surface area contributed by atoms with Crippen LogP contribution in [0.25, 0.3) is 0 Å². The lowest BCUT2D eigenvalue weighted by molar-refractivity contribution is 0.508. The van der Waals surface area contributed by atoms with Gasteiger partial charge in [0.2, 0.25) is 0 Å². The van der Waals surface area contributed by atoms with Crippen molar-refractivity contribution >= 4 is 11.6 Å². The molecule has 0 aliphatic carbocycles. The summed E-state index contributed by atoms with van der Waals surface area (Å²) in [5.74, 6) is 0. The van der Waals surface area contributed by atoms with Gasteiger partial charge in [0, 0.05) is 11.1 Å². The van der Waals surface area contributed by atoms with Crippen molar-refractivity contribution in [2.24, 2.45) is 0 Å². The number of halogens is 1. The van der Waals surface area contributed by atoms with E-state index >= 15 is 0 Å². The van der Waals surface area contributed by atoms with Crippen LogP contribution >= 0.6 is 11.6 Å². The van der Waals surface area contributed by atoms with Crippen LogP contribution in [0.4, 0.5) is 0 Å². The van der Waals surface area contributed by atoms with Crippen LogP contribution in [0.5, 0.6) is 0 Å². The topological polar surface area (TPSA) is 12.0 Å². The second kappa shape index (κ2) is 12.1. The Bertz CT molecular complexity index is 364. The number of hydrogen-bond acceptors (Lipinski definition) is 1. The van der Waals surface area contributed by atoms with Crippen LogP contribution in [0.1, 0.15) is 70.8 Å². The summed E-state index contributed by atoms with van der Waals surface area (Å²) in [4.78, 5) is 0. The van der Waals surface area contributed by atoms with Crippen LogP contribution < -0.4 is 5.32 Å². The van der Waals surface area contributed by atoms with Gasteiger partial charge in [-0.15, -0.1) is 0 Å². The van der Waals surface area contributed by atoms with Crippen molar-refractivity contribution in [2.45, 2.75) is 77.7 Å². The Hall–Kier alpha value is -0.530. The van der Waals surface area contributed by atoms with E-state index in [-0.39, 0.29) is 0 Å². The highest BCUT2D eigenvalue weighted by Crippen LogP contribution is 2.16. The van der Waals surface area contributed by atoms with Gasteiger partial charge in [0.1, 0.15) is 0 Å². The minimum Gasteiger partial charge on any atom is -0.314 e. The average Bonchev–Trinajstić information content (AvgIpc) is 2.48. The number of nitrogens with one attached hydrogen (secondary N) is 1. The maximum atomic E-state index is 6.20. The molecule has 0 fully saturated rings. The van der Waals surface area contributed by atoms with E-state index in [4.69, 9.17) is 11.6 Å². The van der Waals surface area contributed by atoms with Gasteiger partial charge in [-0.05, 0) is 37.9 Å². The summed E-state index contributed by atoms with van der Waals surface area (Å²) in [7, 11) is 0. The number of unbranched alkanes of at least 4 members (excludes halogenated alkanes) is 7. The van der Waals surface area contributed by atoms with E-state index in [1.165, 1.54) is 56.9 Å². The number of rotatable bonds is 12. The first kappa shape index (κ1) is 18.5. The lowest BCUT2D eigenvalue weighted by Gasteiger charge is -2.14. The van der Waals surface area contributed by atoms with Gasteiger partial charge in [0.05, 0.1) is 0 Å². The van der Waals surface area contributed by atoms with Gasteiger partial charge >= 0.3 is 0 Å². The Morgan fingerprint density at radius 3 is 2.24 bits per heavy atom. The Morgan fingerprint density at radius 1 is 0.952 bits per heavy atom. The molecule has 1 nitrogen and oxygen atoms in total. The van der Waals surface area contributed by atoms with E-state index in [2.05, 4.69) is 31.3 Å². The first-order chi connectivity index (χ1) is 10.2. The minimum atomic E-state index is 0.495. The predicted molar refractivity (Wildman–Crippen MR) is 95.2 cm³/mol. The molecule has 2 heteroatoms. The van der Waals surface area contributed by atoms with E-state index < -0.39 is 0 Å². The van der Waals surface area contributed by atoms with Crippen LogP contribution in [0.3, 0.4) is 0 Å².